The van der Waals surface area contributed by atoms with Gasteiger partial charge in [-0.1, -0.05) is 91.0 Å². The third-order valence-electron chi connectivity index (χ3n) is 5.62. The van der Waals surface area contributed by atoms with Gasteiger partial charge in [0, 0.05) is 12.6 Å². The molecule has 1 aromatic heterocycles. The van der Waals surface area contributed by atoms with Crippen LogP contribution in [0.5, 0.6) is 0 Å². The van der Waals surface area contributed by atoms with Crippen molar-refractivity contribution in [3.63, 3.8) is 0 Å². The first-order valence-electron chi connectivity index (χ1n) is 10.8. The van der Waals surface area contributed by atoms with Crippen LogP contribution in [0.4, 0.5) is 0 Å². The third kappa shape index (κ3) is 4.07. The summed E-state index contributed by atoms with van der Waals surface area (Å²) >= 11 is 0. The second-order valence-corrected chi connectivity index (χ2v) is 7.64. The Balaban J connectivity index is 1.88. The molecule has 1 heterocycles. The van der Waals surface area contributed by atoms with Gasteiger partial charge < -0.3 is 15.0 Å². The Morgan fingerprint density at radius 1 is 0.906 bits per heavy atom. The number of benzene rings is 3. The Bertz CT molecular complexity index is 1040. The highest BCUT2D eigenvalue weighted by molar-refractivity contribution is 5.75. The SMILES string of the molecule is CCOC(=O)[C@H](N)Cc1cn(C(c2ccccc2)(c2ccccc2)c2ccccc2)cn1. The molecule has 0 amide bonds. The van der Waals surface area contributed by atoms with Gasteiger partial charge in [-0.2, -0.15) is 0 Å². The van der Waals surface area contributed by atoms with E-state index in [0.717, 1.165) is 22.4 Å². The van der Waals surface area contributed by atoms with Gasteiger partial charge in [-0.15, -0.1) is 0 Å². The topological polar surface area (TPSA) is 70.1 Å². The number of nitrogens with two attached hydrogens (primary N) is 1. The molecule has 0 saturated carbocycles. The molecule has 1 atom stereocenters. The van der Waals surface area contributed by atoms with E-state index in [4.69, 9.17) is 10.5 Å². The molecule has 0 aliphatic rings. The first-order valence-corrected chi connectivity index (χ1v) is 10.8. The standard InChI is InChI=1S/C27H27N3O2/c1-2-32-26(31)25(28)18-24-19-30(20-29-24)27(21-12-6-3-7-13-21,22-14-8-4-9-15-22)23-16-10-5-11-17-23/h3-17,19-20,25H,2,18,28H2,1H3/t25-/m1/s1. The second kappa shape index (κ2) is 9.62. The predicted molar refractivity (Wildman–Crippen MR) is 125 cm³/mol. The normalized spacial score (nSPS) is 12.3. The molecule has 0 saturated heterocycles. The number of esters is 1. The van der Waals surface area contributed by atoms with Gasteiger partial charge in [0.05, 0.1) is 18.6 Å². The lowest BCUT2D eigenvalue weighted by Gasteiger charge is -2.37. The van der Waals surface area contributed by atoms with Crippen molar-refractivity contribution in [3.05, 3.63) is 126 Å². The molecular formula is C27H27N3O2. The summed E-state index contributed by atoms with van der Waals surface area (Å²) in [4.78, 5) is 16.7. The van der Waals surface area contributed by atoms with Crippen LogP contribution in [0, 0.1) is 0 Å². The fraction of sp³-hybridized carbons (Fsp3) is 0.185. The number of imidazole rings is 1. The van der Waals surface area contributed by atoms with Gasteiger partial charge in [-0.05, 0) is 23.6 Å². The number of carbonyl (C=O) groups excluding carboxylic acids is 1. The molecule has 3 aromatic carbocycles. The zero-order chi connectivity index (χ0) is 22.4. The molecular weight excluding hydrogens is 398 g/mol. The smallest absolute Gasteiger partial charge is 0.323 e. The van der Waals surface area contributed by atoms with E-state index < -0.39 is 17.6 Å². The zero-order valence-electron chi connectivity index (χ0n) is 18.1. The lowest BCUT2D eigenvalue weighted by molar-refractivity contribution is -0.144. The quantitative estimate of drug-likeness (QED) is 0.340. The molecule has 5 nitrogen and oxygen atoms in total. The van der Waals surface area contributed by atoms with Crippen molar-refractivity contribution in [3.8, 4) is 0 Å². The Kier molecular flexibility index (Phi) is 6.47. The van der Waals surface area contributed by atoms with E-state index >= 15 is 0 Å². The van der Waals surface area contributed by atoms with Crippen LogP contribution in [0.3, 0.4) is 0 Å². The number of rotatable bonds is 8. The van der Waals surface area contributed by atoms with Crippen LogP contribution in [0.25, 0.3) is 0 Å². The molecule has 4 rings (SSSR count). The van der Waals surface area contributed by atoms with Crippen LogP contribution < -0.4 is 5.73 Å². The van der Waals surface area contributed by atoms with E-state index in [-0.39, 0.29) is 0 Å². The highest BCUT2D eigenvalue weighted by atomic mass is 16.5. The fourth-order valence-electron chi connectivity index (χ4n) is 4.20. The molecule has 0 spiro atoms. The van der Waals surface area contributed by atoms with E-state index in [1.54, 1.807) is 6.92 Å². The molecule has 5 heteroatoms. The van der Waals surface area contributed by atoms with Gasteiger partial charge in [-0.3, -0.25) is 4.79 Å². The van der Waals surface area contributed by atoms with Crippen molar-refractivity contribution in [2.75, 3.05) is 6.61 Å². The van der Waals surface area contributed by atoms with Crippen molar-refractivity contribution in [1.29, 1.82) is 0 Å². The highest BCUT2D eigenvalue weighted by Gasteiger charge is 2.38. The summed E-state index contributed by atoms with van der Waals surface area (Å²) in [5, 5.41) is 0. The Morgan fingerprint density at radius 3 is 1.81 bits per heavy atom. The number of ether oxygens (including phenoxy) is 1. The second-order valence-electron chi connectivity index (χ2n) is 7.64. The van der Waals surface area contributed by atoms with Crippen LogP contribution in [0.2, 0.25) is 0 Å². The van der Waals surface area contributed by atoms with Crippen molar-refractivity contribution in [2.24, 2.45) is 5.73 Å². The van der Waals surface area contributed by atoms with Gasteiger partial charge in [-0.25, -0.2) is 4.98 Å². The number of hydrogen-bond donors (Lipinski definition) is 1. The molecule has 162 valence electrons. The van der Waals surface area contributed by atoms with E-state index in [1.165, 1.54) is 0 Å². The van der Waals surface area contributed by atoms with Gasteiger partial charge in [0.2, 0.25) is 0 Å². The number of hydrogen-bond acceptors (Lipinski definition) is 4. The lowest BCUT2D eigenvalue weighted by Crippen LogP contribution is -2.37. The first kappa shape index (κ1) is 21.5. The summed E-state index contributed by atoms with van der Waals surface area (Å²) in [5.74, 6) is -0.414. The Morgan fingerprint density at radius 2 is 1.38 bits per heavy atom. The van der Waals surface area contributed by atoms with Crippen LogP contribution in [0.15, 0.2) is 104 Å². The van der Waals surface area contributed by atoms with Crippen molar-refractivity contribution >= 4 is 5.97 Å². The molecule has 0 aliphatic heterocycles. The molecule has 0 bridgehead atoms. The van der Waals surface area contributed by atoms with Crippen molar-refractivity contribution < 1.29 is 9.53 Å². The number of aromatic nitrogens is 2. The van der Waals surface area contributed by atoms with E-state index in [1.807, 2.05) is 67.1 Å². The average molecular weight is 426 g/mol. The van der Waals surface area contributed by atoms with Gasteiger partial charge in [0.25, 0.3) is 0 Å². The Hall–Kier alpha value is -3.70. The van der Waals surface area contributed by atoms with Crippen molar-refractivity contribution in [1.82, 2.24) is 9.55 Å². The summed E-state index contributed by atoms with van der Waals surface area (Å²) in [6.07, 6.45) is 4.10. The van der Waals surface area contributed by atoms with Crippen LogP contribution in [-0.4, -0.2) is 28.2 Å². The van der Waals surface area contributed by atoms with Gasteiger partial charge >= 0.3 is 5.97 Å². The highest BCUT2D eigenvalue weighted by Crippen LogP contribution is 2.40. The molecule has 0 aliphatic carbocycles. The van der Waals surface area contributed by atoms with Crippen molar-refractivity contribution in [2.45, 2.75) is 24.9 Å². The van der Waals surface area contributed by atoms with Crippen LogP contribution in [-0.2, 0) is 21.5 Å². The van der Waals surface area contributed by atoms with Gasteiger partial charge in [0.15, 0.2) is 0 Å². The number of nitrogens with zero attached hydrogens (tertiary/aromatic N) is 2. The average Bonchev–Trinajstić information content (AvgIpc) is 3.30. The van der Waals surface area contributed by atoms with Crippen LogP contribution >= 0.6 is 0 Å². The summed E-state index contributed by atoms with van der Waals surface area (Å²) < 4.78 is 7.17. The molecule has 32 heavy (non-hydrogen) atoms. The minimum atomic E-state index is -0.752. The number of carbonyl (C=O) groups is 1. The monoisotopic (exact) mass is 425 g/mol. The summed E-state index contributed by atoms with van der Waals surface area (Å²) in [6, 6.07) is 30.3. The molecule has 4 aromatic rings. The van der Waals surface area contributed by atoms with E-state index in [2.05, 4.69) is 45.9 Å². The largest absolute Gasteiger partial charge is 0.465 e. The maximum Gasteiger partial charge on any atom is 0.323 e. The molecule has 2 N–H and O–H groups in total. The molecule has 0 radical (unpaired) electrons. The predicted octanol–water partition coefficient (Wildman–Crippen LogP) is 4.16. The minimum Gasteiger partial charge on any atom is -0.465 e. The third-order valence-corrected chi connectivity index (χ3v) is 5.62. The fourth-order valence-corrected chi connectivity index (χ4v) is 4.20. The first-order chi connectivity index (χ1) is 15.7. The minimum absolute atomic E-state index is 0.306. The molecule has 0 fully saturated rings. The van der Waals surface area contributed by atoms with E-state index in [0.29, 0.717) is 13.0 Å². The van der Waals surface area contributed by atoms with Crippen LogP contribution in [0.1, 0.15) is 29.3 Å². The maximum absolute atomic E-state index is 12.0. The Labute approximate surface area is 188 Å². The summed E-state index contributed by atoms with van der Waals surface area (Å²) in [5.41, 5.74) is 9.48. The summed E-state index contributed by atoms with van der Waals surface area (Å²) in [6.45, 7) is 2.08. The van der Waals surface area contributed by atoms with E-state index in [9.17, 15) is 4.79 Å². The lowest BCUT2D eigenvalue weighted by atomic mass is 9.77. The van der Waals surface area contributed by atoms with Gasteiger partial charge in [0.1, 0.15) is 11.6 Å². The maximum atomic E-state index is 12.0. The zero-order valence-corrected chi connectivity index (χ0v) is 18.1. The molecule has 0 unspecified atom stereocenters. The summed E-state index contributed by atoms with van der Waals surface area (Å²) in [7, 11) is 0.